The fourth-order valence-corrected chi connectivity index (χ4v) is 4.15. The number of aliphatic carboxylic acids is 1. The van der Waals surface area contributed by atoms with Gasteiger partial charge in [0.1, 0.15) is 18.5 Å². The molecule has 0 bridgehead atoms. The van der Waals surface area contributed by atoms with E-state index in [1.54, 1.807) is 45.2 Å². The van der Waals surface area contributed by atoms with Crippen LogP contribution in [0.15, 0.2) is 55.0 Å². The van der Waals surface area contributed by atoms with Gasteiger partial charge in [-0.05, 0) is 56.2 Å². The van der Waals surface area contributed by atoms with Crippen LogP contribution in [0.4, 0.5) is 4.79 Å². The van der Waals surface area contributed by atoms with Gasteiger partial charge in [0.15, 0.2) is 17.1 Å². The van der Waals surface area contributed by atoms with Crippen molar-refractivity contribution < 1.29 is 29.3 Å². The molecular formula is C26H23N5O6. The van der Waals surface area contributed by atoms with Crippen LogP contribution >= 0.6 is 0 Å². The topological polar surface area (TPSA) is 148 Å². The molecule has 3 heterocycles. The van der Waals surface area contributed by atoms with Gasteiger partial charge in [-0.3, -0.25) is 14.2 Å². The molecule has 0 saturated carbocycles. The summed E-state index contributed by atoms with van der Waals surface area (Å²) in [6.45, 7) is 4.80. The molecule has 3 aromatic heterocycles. The molecule has 11 heteroatoms. The Kier molecular flexibility index (Phi) is 5.55. The predicted molar refractivity (Wildman–Crippen MR) is 135 cm³/mol. The van der Waals surface area contributed by atoms with Crippen molar-refractivity contribution in [3.05, 3.63) is 60.7 Å². The molecule has 37 heavy (non-hydrogen) atoms. The minimum Gasteiger partial charge on any atom is -0.505 e. The highest BCUT2D eigenvalue weighted by Crippen LogP contribution is 2.35. The van der Waals surface area contributed by atoms with Crippen LogP contribution < -0.4 is 5.32 Å². The molecule has 0 aliphatic carbocycles. The number of carboxylic acid groups (broad SMARTS) is 1. The zero-order valence-electron chi connectivity index (χ0n) is 20.2. The van der Waals surface area contributed by atoms with Crippen molar-refractivity contribution in [1.29, 1.82) is 0 Å². The van der Waals surface area contributed by atoms with Crippen molar-refractivity contribution in [2.24, 2.45) is 0 Å². The Morgan fingerprint density at radius 1 is 1.03 bits per heavy atom. The maximum atomic E-state index is 12.7. The first-order valence-corrected chi connectivity index (χ1v) is 11.4. The molecule has 0 fully saturated rings. The van der Waals surface area contributed by atoms with E-state index >= 15 is 0 Å². The third kappa shape index (κ3) is 4.31. The van der Waals surface area contributed by atoms with E-state index in [-0.39, 0.29) is 11.4 Å². The van der Waals surface area contributed by atoms with E-state index in [0.717, 1.165) is 16.5 Å². The van der Waals surface area contributed by atoms with Gasteiger partial charge in [0, 0.05) is 22.4 Å². The van der Waals surface area contributed by atoms with E-state index in [9.17, 15) is 19.5 Å². The first kappa shape index (κ1) is 23.8. The zero-order valence-corrected chi connectivity index (χ0v) is 20.2. The van der Waals surface area contributed by atoms with Gasteiger partial charge < -0.3 is 20.3 Å². The molecular weight excluding hydrogens is 478 g/mol. The van der Waals surface area contributed by atoms with Crippen LogP contribution in [0, 0.1) is 0 Å². The Hall–Kier alpha value is -4.93. The number of carbonyl (C=O) groups is 3. The lowest BCUT2D eigenvalue weighted by molar-refractivity contribution is -0.135. The monoisotopic (exact) mass is 501 g/mol. The molecule has 11 nitrogen and oxygen atoms in total. The molecule has 5 aromatic rings. The number of benzene rings is 2. The van der Waals surface area contributed by atoms with Gasteiger partial charge >= 0.3 is 12.1 Å². The van der Waals surface area contributed by atoms with Gasteiger partial charge in [-0.25, -0.2) is 14.3 Å². The van der Waals surface area contributed by atoms with Gasteiger partial charge in [0.2, 0.25) is 0 Å². The molecule has 0 aliphatic heterocycles. The van der Waals surface area contributed by atoms with E-state index in [1.807, 2.05) is 24.3 Å². The molecule has 1 amide bonds. The number of fused-ring (bicyclic) bond motifs is 4. The molecule has 0 saturated heterocycles. The van der Waals surface area contributed by atoms with E-state index in [0.29, 0.717) is 21.9 Å². The second-order valence-electron chi connectivity index (χ2n) is 9.47. The first-order chi connectivity index (χ1) is 17.5. The van der Waals surface area contributed by atoms with E-state index < -0.39 is 30.1 Å². The van der Waals surface area contributed by atoms with Gasteiger partial charge in [-0.15, -0.1) is 0 Å². The minimum atomic E-state index is -1.22. The number of nitrogens with one attached hydrogen (secondary N) is 1. The summed E-state index contributed by atoms with van der Waals surface area (Å²) in [5, 5.41) is 27.8. The van der Waals surface area contributed by atoms with Crippen LogP contribution in [-0.2, 0) is 9.53 Å². The average Bonchev–Trinajstić information content (AvgIpc) is 3.48. The van der Waals surface area contributed by atoms with Crippen molar-refractivity contribution in [3.8, 4) is 16.9 Å². The summed E-state index contributed by atoms with van der Waals surface area (Å²) in [4.78, 5) is 40.5. The SMILES string of the molecule is CC(C)(C)OC(=O)n1ccc2ccc(-c3ccc4c(O)c(C(=O)NCC(=O)O)n5ncnc5c4c3)cc21. The maximum Gasteiger partial charge on any atom is 0.418 e. The molecule has 5 rings (SSSR count). The van der Waals surface area contributed by atoms with E-state index in [4.69, 9.17) is 9.84 Å². The molecule has 0 aliphatic rings. The van der Waals surface area contributed by atoms with Gasteiger partial charge in [0.25, 0.3) is 5.91 Å². The third-order valence-corrected chi connectivity index (χ3v) is 5.73. The van der Waals surface area contributed by atoms with Crippen LogP contribution in [0.1, 0.15) is 31.3 Å². The lowest BCUT2D eigenvalue weighted by atomic mass is 10.00. The fourth-order valence-electron chi connectivity index (χ4n) is 4.15. The normalized spacial score (nSPS) is 11.8. The lowest BCUT2D eigenvalue weighted by Gasteiger charge is -2.19. The van der Waals surface area contributed by atoms with E-state index in [2.05, 4.69) is 15.4 Å². The number of pyridine rings is 1. The van der Waals surface area contributed by atoms with Crippen molar-refractivity contribution in [2.45, 2.75) is 26.4 Å². The average molecular weight is 501 g/mol. The number of hydrogen-bond acceptors (Lipinski definition) is 7. The number of carbonyl (C=O) groups excluding carboxylic acids is 2. The Labute approximate surface area is 209 Å². The standard InChI is InChI=1S/C26H23N5O6/c1-26(2,3)37-25(36)30-9-8-14-4-5-16(11-19(14)30)15-6-7-17-18(10-15)23-28-13-29-31(23)21(22(17)34)24(35)27-12-20(32)33/h4-11,13,34H,12H2,1-3H3,(H,27,35)(H,32,33). The molecule has 2 aromatic carbocycles. The highest BCUT2D eigenvalue weighted by atomic mass is 16.6. The number of rotatable bonds is 4. The minimum absolute atomic E-state index is 0.217. The van der Waals surface area contributed by atoms with Crippen LogP contribution in [0.5, 0.6) is 5.75 Å². The number of carboxylic acids is 1. The number of aromatic nitrogens is 4. The molecule has 0 radical (unpaired) electrons. The second-order valence-corrected chi connectivity index (χ2v) is 9.47. The number of amides is 1. The number of aromatic hydroxyl groups is 1. The Bertz CT molecular complexity index is 1730. The van der Waals surface area contributed by atoms with Gasteiger partial charge in [-0.1, -0.05) is 18.2 Å². The van der Waals surface area contributed by atoms with Crippen molar-refractivity contribution in [1.82, 2.24) is 24.5 Å². The highest BCUT2D eigenvalue weighted by Gasteiger charge is 2.23. The summed E-state index contributed by atoms with van der Waals surface area (Å²) < 4.78 is 8.15. The number of hydrogen-bond donors (Lipinski definition) is 3. The predicted octanol–water partition coefficient (Wildman–Crippen LogP) is 3.81. The van der Waals surface area contributed by atoms with Crippen LogP contribution in [0.3, 0.4) is 0 Å². The summed E-state index contributed by atoms with van der Waals surface area (Å²) >= 11 is 0. The van der Waals surface area contributed by atoms with E-state index in [1.165, 1.54) is 15.4 Å². The summed E-state index contributed by atoms with van der Waals surface area (Å²) in [6, 6.07) is 12.7. The van der Waals surface area contributed by atoms with Crippen LogP contribution in [0.2, 0.25) is 0 Å². The quantitative estimate of drug-likeness (QED) is 0.337. The summed E-state index contributed by atoms with van der Waals surface area (Å²) in [6.07, 6.45) is 2.42. The fraction of sp³-hybridized carbons (Fsp3) is 0.192. The summed E-state index contributed by atoms with van der Waals surface area (Å²) in [5.74, 6) is -2.37. The smallest absolute Gasteiger partial charge is 0.418 e. The molecule has 0 atom stereocenters. The highest BCUT2D eigenvalue weighted by molar-refractivity contribution is 6.08. The first-order valence-electron chi connectivity index (χ1n) is 11.4. The lowest BCUT2D eigenvalue weighted by Crippen LogP contribution is -2.31. The van der Waals surface area contributed by atoms with Crippen LogP contribution in [0.25, 0.3) is 38.4 Å². The zero-order chi connectivity index (χ0) is 26.5. The molecule has 3 N–H and O–H groups in total. The Morgan fingerprint density at radius 3 is 2.49 bits per heavy atom. The Morgan fingerprint density at radius 2 is 1.76 bits per heavy atom. The van der Waals surface area contributed by atoms with Crippen molar-refractivity contribution in [3.63, 3.8) is 0 Å². The maximum absolute atomic E-state index is 12.7. The van der Waals surface area contributed by atoms with Gasteiger partial charge in [0.05, 0.1) is 5.52 Å². The summed E-state index contributed by atoms with van der Waals surface area (Å²) in [5.41, 5.74) is 1.71. The molecule has 0 spiro atoms. The van der Waals surface area contributed by atoms with Crippen LogP contribution in [-0.4, -0.2) is 59.5 Å². The molecule has 0 unspecified atom stereocenters. The van der Waals surface area contributed by atoms with Gasteiger partial charge in [-0.2, -0.15) is 5.10 Å². The summed E-state index contributed by atoms with van der Waals surface area (Å²) in [7, 11) is 0. The molecule has 188 valence electrons. The number of nitrogens with zero attached hydrogens (tertiary/aromatic N) is 4. The largest absolute Gasteiger partial charge is 0.505 e. The Balaban J connectivity index is 1.61. The number of ether oxygens (including phenoxy) is 1. The second kappa shape index (κ2) is 8.63. The van der Waals surface area contributed by atoms with Crippen molar-refractivity contribution in [2.75, 3.05) is 6.54 Å². The third-order valence-electron chi connectivity index (χ3n) is 5.73. The van der Waals surface area contributed by atoms with Crippen molar-refractivity contribution >= 4 is 45.3 Å².